The highest BCUT2D eigenvalue weighted by molar-refractivity contribution is 6.37. The highest BCUT2D eigenvalue weighted by atomic mass is 35.5. The molecule has 1 amide bonds. The first kappa shape index (κ1) is 29.0. The summed E-state index contributed by atoms with van der Waals surface area (Å²) in [6, 6.07) is 27.9. The van der Waals surface area contributed by atoms with Crippen LogP contribution in [-0.2, 0) is 27.2 Å². The number of anilines is 1. The number of nitrogens with zero attached hydrogens (tertiary/aromatic N) is 1. The van der Waals surface area contributed by atoms with Crippen LogP contribution in [0.2, 0.25) is 10.0 Å². The zero-order valence-corrected chi connectivity index (χ0v) is 23.7. The zero-order valence-electron chi connectivity index (χ0n) is 22.2. The van der Waals surface area contributed by atoms with E-state index in [-0.39, 0.29) is 41.3 Å². The molecule has 4 rings (SSSR count). The SMILES string of the molecule is CCOC(=O)CN(C(=O)Cc1ccccc1)c1cc(Cl)c(Oc2ccc(OC)c(Cc3ccccc3)c2)c(Cl)c1. The van der Waals surface area contributed by atoms with E-state index in [0.717, 1.165) is 22.4 Å². The average molecular weight is 578 g/mol. The van der Waals surface area contributed by atoms with E-state index in [1.807, 2.05) is 72.8 Å². The lowest BCUT2D eigenvalue weighted by Gasteiger charge is -2.23. The minimum atomic E-state index is -0.541. The number of ether oxygens (including phenoxy) is 3. The molecule has 0 heterocycles. The van der Waals surface area contributed by atoms with Crippen LogP contribution in [0.15, 0.2) is 91.0 Å². The van der Waals surface area contributed by atoms with Crippen molar-refractivity contribution in [2.45, 2.75) is 19.8 Å². The van der Waals surface area contributed by atoms with Crippen LogP contribution in [0, 0.1) is 0 Å². The van der Waals surface area contributed by atoms with Crippen LogP contribution in [0.1, 0.15) is 23.6 Å². The Kier molecular flexibility index (Phi) is 10.1. The van der Waals surface area contributed by atoms with Gasteiger partial charge in [-0.2, -0.15) is 0 Å². The number of carbonyl (C=O) groups is 2. The van der Waals surface area contributed by atoms with Gasteiger partial charge in [0.15, 0.2) is 5.75 Å². The van der Waals surface area contributed by atoms with Crippen LogP contribution in [0.25, 0.3) is 0 Å². The van der Waals surface area contributed by atoms with Crippen LogP contribution in [0.5, 0.6) is 17.2 Å². The summed E-state index contributed by atoms with van der Waals surface area (Å²) >= 11 is 13.3. The summed E-state index contributed by atoms with van der Waals surface area (Å²) in [5.41, 5.74) is 3.22. The van der Waals surface area contributed by atoms with Gasteiger partial charge in [0, 0.05) is 17.7 Å². The van der Waals surface area contributed by atoms with Crippen molar-refractivity contribution in [3.05, 3.63) is 118 Å². The van der Waals surface area contributed by atoms with Gasteiger partial charge >= 0.3 is 5.97 Å². The van der Waals surface area contributed by atoms with E-state index in [1.54, 1.807) is 32.2 Å². The van der Waals surface area contributed by atoms with Gasteiger partial charge in [-0.15, -0.1) is 0 Å². The Balaban J connectivity index is 1.61. The van der Waals surface area contributed by atoms with Crippen LogP contribution in [0.4, 0.5) is 5.69 Å². The molecule has 0 aromatic heterocycles. The largest absolute Gasteiger partial charge is 0.496 e. The van der Waals surface area contributed by atoms with E-state index >= 15 is 0 Å². The van der Waals surface area contributed by atoms with Crippen LogP contribution >= 0.6 is 23.2 Å². The number of hydrogen-bond donors (Lipinski definition) is 0. The third kappa shape index (κ3) is 7.56. The lowest BCUT2D eigenvalue weighted by Crippen LogP contribution is -2.37. The second-order valence-electron chi connectivity index (χ2n) is 8.92. The van der Waals surface area contributed by atoms with Crippen molar-refractivity contribution in [2.75, 3.05) is 25.2 Å². The van der Waals surface area contributed by atoms with Crippen molar-refractivity contribution in [2.24, 2.45) is 0 Å². The summed E-state index contributed by atoms with van der Waals surface area (Å²) in [5, 5.41) is 0.369. The zero-order chi connectivity index (χ0) is 28.5. The lowest BCUT2D eigenvalue weighted by atomic mass is 10.0. The molecule has 0 fully saturated rings. The molecular formula is C32H29Cl2NO5. The average Bonchev–Trinajstić information content (AvgIpc) is 2.95. The van der Waals surface area contributed by atoms with Gasteiger partial charge in [-0.3, -0.25) is 9.59 Å². The molecule has 0 bridgehead atoms. The molecule has 4 aromatic carbocycles. The third-order valence-corrected chi connectivity index (χ3v) is 6.66. The number of amides is 1. The normalized spacial score (nSPS) is 10.6. The molecule has 4 aromatic rings. The summed E-state index contributed by atoms with van der Waals surface area (Å²) in [6.45, 7) is 1.62. The number of carbonyl (C=O) groups excluding carboxylic acids is 2. The highest BCUT2D eigenvalue weighted by Gasteiger charge is 2.23. The van der Waals surface area contributed by atoms with Gasteiger partial charge in [0.1, 0.15) is 18.0 Å². The van der Waals surface area contributed by atoms with Gasteiger partial charge in [-0.1, -0.05) is 83.9 Å². The number of methoxy groups -OCH3 is 1. The van der Waals surface area contributed by atoms with Crippen molar-refractivity contribution in [1.29, 1.82) is 0 Å². The van der Waals surface area contributed by atoms with Crippen molar-refractivity contribution in [3.63, 3.8) is 0 Å². The molecule has 0 spiro atoms. The van der Waals surface area contributed by atoms with E-state index in [2.05, 4.69) is 0 Å². The predicted molar refractivity (Wildman–Crippen MR) is 158 cm³/mol. The maximum Gasteiger partial charge on any atom is 0.326 e. The molecule has 0 unspecified atom stereocenters. The summed E-state index contributed by atoms with van der Waals surface area (Å²) in [5.74, 6) is 0.637. The van der Waals surface area contributed by atoms with Crippen molar-refractivity contribution >= 4 is 40.8 Å². The minimum Gasteiger partial charge on any atom is -0.496 e. The predicted octanol–water partition coefficient (Wildman–Crippen LogP) is 7.52. The maximum atomic E-state index is 13.3. The van der Waals surface area contributed by atoms with Gasteiger partial charge in [-0.25, -0.2) is 0 Å². The minimum absolute atomic E-state index is 0.0871. The number of benzene rings is 4. The number of halogens is 2. The van der Waals surface area contributed by atoms with Gasteiger partial charge in [0.2, 0.25) is 5.91 Å². The molecule has 0 aliphatic carbocycles. The highest BCUT2D eigenvalue weighted by Crippen LogP contribution is 2.41. The van der Waals surface area contributed by atoms with Gasteiger partial charge in [-0.05, 0) is 48.4 Å². The van der Waals surface area contributed by atoms with E-state index < -0.39 is 5.97 Å². The quantitative estimate of drug-likeness (QED) is 0.172. The first-order chi connectivity index (χ1) is 19.4. The molecule has 0 saturated heterocycles. The second-order valence-corrected chi connectivity index (χ2v) is 9.74. The molecule has 0 aliphatic heterocycles. The fraction of sp³-hybridized carbons (Fsp3) is 0.188. The van der Waals surface area contributed by atoms with Crippen LogP contribution in [0.3, 0.4) is 0 Å². The fourth-order valence-electron chi connectivity index (χ4n) is 4.22. The molecule has 0 aliphatic rings. The summed E-state index contributed by atoms with van der Waals surface area (Å²) in [6.07, 6.45) is 0.734. The van der Waals surface area contributed by atoms with Crippen LogP contribution < -0.4 is 14.4 Å². The monoisotopic (exact) mass is 577 g/mol. The molecule has 0 saturated carbocycles. The Morgan fingerprint density at radius 1 is 0.825 bits per heavy atom. The smallest absolute Gasteiger partial charge is 0.326 e. The van der Waals surface area contributed by atoms with E-state index in [0.29, 0.717) is 17.9 Å². The Morgan fingerprint density at radius 2 is 1.45 bits per heavy atom. The Morgan fingerprint density at radius 3 is 2.05 bits per heavy atom. The second kappa shape index (κ2) is 13.9. The first-order valence-corrected chi connectivity index (χ1v) is 13.5. The van der Waals surface area contributed by atoms with E-state index in [4.69, 9.17) is 37.4 Å². The van der Waals surface area contributed by atoms with Gasteiger partial charge in [0.05, 0.1) is 30.2 Å². The standard InChI is InChI=1S/C32H29Cl2NO5/c1-3-39-31(37)21-35(30(36)17-23-12-8-5-9-13-23)25-19-27(33)32(28(34)20-25)40-26-14-15-29(38-2)24(18-26)16-22-10-6-4-7-11-22/h4-15,18-20H,3,16-17,21H2,1-2H3. The number of rotatable bonds is 11. The molecular weight excluding hydrogens is 549 g/mol. The molecule has 6 nitrogen and oxygen atoms in total. The Labute approximate surface area is 244 Å². The molecule has 206 valence electrons. The third-order valence-electron chi connectivity index (χ3n) is 6.10. The number of hydrogen-bond acceptors (Lipinski definition) is 5. The molecule has 8 heteroatoms. The Hall–Kier alpha value is -4.00. The molecule has 0 N–H and O–H groups in total. The van der Waals surface area contributed by atoms with E-state index in [1.165, 1.54) is 4.90 Å². The summed E-state index contributed by atoms with van der Waals surface area (Å²) in [7, 11) is 1.62. The summed E-state index contributed by atoms with van der Waals surface area (Å²) in [4.78, 5) is 27.0. The van der Waals surface area contributed by atoms with Crippen molar-refractivity contribution in [1.82, 2.24) is 0 Å². The topological polar surface area (TPSA) is 65.1 Å². The van der Waals surface area contributed by atoms with Gasteiger partial charge in [0.25, 0.3) is 0 Å². The fourth-order valence-corrected chi connectivity index (χ4v) is 4.77. The molecule has 40 heavy (non-hydrogen) atoms. The van der Waals surface area contributed by atoms with Gasteiger partial charge < -0.3 is 19.1 Å². The van der Waals surface area contributed by atoms with Crippen LogP contribution in [-0.4, -0.2) is 32.1 Å². The Bertz CT molecular complexity index is 1440. The lowest BCUT2D eigenvalue weighted by molar-refractivity contribution is -0.142. The molecule has 0 atom stereocenters. The molecule has 0 radical (unpaired) electrons. The maximum absolute atomic E-state index is 13.3. The van der Waals surface area contributed by atoms with Crippen molar-refractivity contribution < 1.29 is 23.8 Å². The summed E-state index contributed by atoms with van der Waals surface area (Å²) < 4.78 is 16.8. The first-order valence-electron chi connectivity index (χ1n) is 12.8. The van der Waals surface area contributed by atoms with Crippen molar-refractivity contribution in [3.8, 4) is 17.2 Å². The van der Waals surface area contributed by atoms with E-state index in [9.17, 15) is 9.59 Å². The number of esters is 1.